The van der Waals surface area contributed by atoms with Crippen LogP contribution in [-0.4, -0.2) is 30.4 Å². The van der Waals surface area contributed by atoms with E-state index in [1.54, 1.807) is 6.20 Å². The first-order chi connectivity index (χ1) is 12.0. The molecule has 0 spiro atoms. The Bertz CT molecular complexity index is 811. The second kappa shape index (κ2) is 6.20. The predicted octanol–water partition coefficient (Wildman–Crippen LogP) is 4.25. The van der Waals surface area contributed by atoms with Crippen molar-refractivity contribution in [2.24, 2.45) is 11.1 Å². The molecular weight excluding hydrogens is 331 g/mol. The molecule has 1 aromatic heterocycles. The number of aromatic nitrogens is 1. The first-order valence-corrected chi connectivity index (χ1v) is 8.42. The van der Waals surface area contributed by atoms with Gasteiger partial charge in [0.1, 0.15) is 6.61 Å². The fourth-order valence-electron chi connectivity index (χ4n) is 3.64. The van der Waals surface area contributed by atoms with E-state index in [0.29, 0.717) is 18.0 Å². The number of hydrogen-bond donors (Lipinski definition) is 0. The summed E-state index contributed by atoms with van der Waals surface area (Å²) in [6.07, 6.45) is 0.0927. The normalized spacial score (nSPS) is 19.2. The number of anilines is 1. The number of pyridine rings is 1. The van der Waals surface area contributed by atoms with Crippen molar-refractivity contribution >= 4 is 22.3 Å². The van der Waals surface area contributed by atoms with Crippen molar-refractivity contribution in [3.8, 4) is 0 Å². The summed E-state index contributed by atoms with van der Waals surface area (Å²) in [5.74, 6) is 0.448. The molecule has 3 heterocycles. The maximum absolute atomic E-state index is 12.9. The van der Waals surface area contributed by atoms with E-state index >= 15 is 0 Å². The first-order valence-electron chi connectivity index (χ1n) is 8.42. The minimum atomic E-state index is -4.35. The van der Waals surface area contributed by atoms with Crippen LogP contribution in [0.2, 0.25) is 0 Å². The molecule has 0 radical (unpaired) electrons. The third-order valence-electron chi connectivity index (χ3n) is 4.99. The maximum Gasteiger partial charge on any atom is 0.416 e. The third kappa shape index (κ3) is 3.15. The highest BCUT2D eigenvalue weighted by Crippen LogP contribution is 2.35. The summed E-state index contributed by atoms with van der Waals surface area (Å²) in [6.45, 7) is 2.37. The number of alkyl halides is 3. The Morgan fingerprint density at radius 2 is 1.92 bits per heavy atom. The van der Waals surface area contributed by atoms with Crippen molar-refractivity contribution in [1.29, 1.82) is 0 Å². The molecule has 0 amide bonds. The molecule has 4 rings (SSSR count). The van der Waals surface area contributed by atoms with Gasteiger partial charge in [0.25, 0.3) is 0 Å². The molecule has 2 aromatic rings. The van der Waals surface area contributed by atoms with Gasteiger partial charge in [-0.3, -0.25) is 4.98 Å². The summed E-state index contributed by atoms with van der Waals surface area (Å²) < 4.78 is 38.7. The van der Waals surface area contributed by atoms with Crippen molar-refractivity contribution in [1.82, 2.24) is 4.98 Å². The summed E-state index contributed by atoms with van der Waals surface area (Å²) in [5, 5.41) is 4.88. The molecule has 1 saturated heterocycles. The first kappa shape index (κ1) is 16.2. The van der Waals surface area contributed by atoms with Gasteiger partial charge >= 0.3 is 6.18 Å². The van der Waals surface area contributed by atoms with Crippen molar-refractivity contribution in [2.75, 3.05) is 24.6 Å². The van der Waals surface area contributed by atoms with E-state index < -0.39 is 11.7 Å². The van der Waals surface area contributed by atoms with Crippen molar-refractivity contribution in [2.45, 2.75) is 25.4 Å². The molecule has 0 saturated carbocycles. The van der Waals surface area contributed by atoms with E-state index in [1.807, 2.05) is 6.07 Å². The van der Waals surface area contributed by atoms with E-state index in [2.05, 4.69) is 15.0 Å². The largest absolute Gasteiger partial charge is 0.416 e. The van der Waals surface area contributed by atoms with Gasteiger partial charge in [-0.05, 0) is 31.0 Å². The van der Waals surface area contributed by atoms with Crippen molar-refractivity contribution in [3.05, 3.63) is 36.0 Å². The average Bonchev–Trinajstić information content (AvgIpc) is 3.15. The molecule has 0 N–H and O–H groups in total. The van der Waals surface area contributed by atoms with Crippen LogP contribution in [0.4, 0.5) is 18.9 Å². The number of benzene rings is 1. The fourth-order valence-corrected chi connectivity index (χ4v) is 3.64. The molecule has 25 heavy (non-hydrogen) atoms. The average molecular weight is 349 g/mol. The molecule has 0 bridgehead atoms. The summed E-state index contributed by atoms with van der Waals surface area (Å²) in [6, 6.07) is 5.66. The fraction of sp³-hybridized carbons (Fsp3) is 0.444. The molecule has 7 heteroatoms. The molecule has 4 nitrogen and oxygen atoms in total. The molecule has 2 aliphatic heterocycles. The van der Waals surface area contributed by atoms with Gasteiger partial charge in [0.15, 0.2) is 0 Å². The highest BCUT2D eigenvalue weighted by atomic mass is 19.4. The Kier molecular flexibility index (Phi) is 4.01. The van der Waals surface area contributed by atoms with E-state index in [9.17, 15) is 13.2 Å². The second-order valence-corrected chi connectivity index (χ2v) is 6.49. The van der Waals surface area contributed by atoms with Crippen LogP contribution in [0.1, 0.15) is 24.8 Å². The van der Waals surface area contributed by atoms with Crippen LogP contribution >= 0.6 is 0 Å². The third-order valence-corrected chi connectivity index (χ3v) is 4.99. The van der Waals surface area contributed by atoms with Crippen molar-refractivity contribution < 1.29 is 18.0 Å². The van der Waals surface area contributed by atoms with Crippen LogP contribution < -0.4 is 4.90 Å². The van der Waals surface area contributed by atoms with Crippen LogP contribution in [-0.2, 0) is 11.0 Å². The zero-order valence-corrected chi connectivity index (χ0v) is 13.6. The van der Waals surface area contributed by atoms with E-state index in [-0.39, 0.29) is 0 Å². The van der Waals surface area contributed by atoms with Gasteiger partial charge in [0.2, 0.25) is 0 Å². The monoisotopic (exact) mass is 349 g/mol. The van der Waals surface area contributed by atoms with Gasteiger partial charge < -0.3 is 9.74 Å². The van der Waals surface area contributed by atoms with E-state index in [0.717, 1.165) is 61.3 Å². The molecule has 0 unspecified atom stereocenters. The van der Waals surface area contributed by atoms with Gasteiger partial charge in [-0.2, -0.15) is 13.2 Å². The Morgan fingerprint density at radius 1 is 1.12 bits per heavy atom. The molecule has 0 aliphatic carbocycles. The minimum Gasteiger partial charge on any atom is -0.395 e. The van der Waals surface area contributed by atoms with Gasteiger partial charge in [0, 0.05) is 42.7 Å². The van der Waals surface area contributed by atoms with Crippen LogP contribution in [0, 0.1) is 5.92 Å². The maximum atomic E-state index is 12.9. The van der Waals surface area contributed by atoms with Crippen LogP contribution in [0.15, 0.2) is 35.6 Å². The van der Waals surface area contributed by atoms with Crippen LogP contribution in [0.5, 0.6) is 0 Å². The second-order valence-electron chi connectivity index (χ2n) is 6.49. The summed E-state index contributed by atoms with van der Waals surface area (Å²) in [4.78, 5) is 11.4. The lowest BCUT2D eigenvalue weighted by Crippen LogP contribution is -2.36. The van der Waals surface area contributed by atoms with Gasteiger partial charge in [-0.15, -0.1) is 0 Å². The molecule has 0 atom stereocenters. The molecule has 132 valence electrons. The summed E-state index contributed by atoms with van der Waals surface area (Å²) >= 11 is 0. The van der Waals surface area contributed by atoms with Crippen LogP contribution in [0.25, 0.3) is 10.9 Å². The number of nitrogens with zero attached hydrogens (tertiary/aromatic N) is 3. The van der Waals surface area contributed by atoms with E-state index in [1.165, 1.54) is 6.07 Å². The van der Waals surface area contributed by atoms with E-state index in [4.69, 9.17) is 4.84 Å². The Labute approximate surface area is 143 Å². The van der Waals surface area contributed by atoms with Crippen molar-refractivity contribution in [3.63, 3.8) is 0 Å². The smallest absolute Gasteiger partial charge is 0.395 e. The number of piperidine rings is 1. The number of halogens is 3. The molecule has 1 fully saturated rings. The van der Waals surface area contributed by atoms with Gasteiger partial charge in [-0.1, -0.05) is 11.2 Å². The number of rotatable bonds is 2. The minimum absolute atomic E-state index is 0.378. The zero-order valence-electron chi connectivity index (χ0n) is 13.6. The predicted molar refractivity (Wildman–Crippen MR) is 89.7 cm³/mol. The quantitative estimate of drug-likeness (QED) is 0.814. The number of hydrogen-bond acceptors (Lipinski definition) is 4. The Balaban J connectivity index is 1.57. The Hall–Kier alpha value is -2.31. The molecule has 1 aromatic carbocycles. The Morgan fingerprint density at radius 3 is 2.60 bits per heavy atom. The summed E-state index contributed by atoms with van der Waals surface area (Å²) in [5.41, 5.74) is 1.81. The van der Waals surface area contributed by atoms with Gasteiger partial charge in [0.05, 0.1) is 16.8 Å². The highest BCUT2D eigenvalue weighted by molar-refractivity contribution is 5.92. The summed E-state index contributed by atoms with van der Waals surface area (Å²) in [7, 11) is 0. The number of fused-ring (bicyclic) bond motifs is 1. The van der Waals surface area contributed by atoms with Gasteiger partial charge in [-0.25, -0.2) is 0 Å². The standard InChI is InChI=1S/C18H18F3N3O/c19-18(20,21)13-1-2-14-16(11-13)22-7-3-17(14)24-8-4-12(5-9-24)15-6-10-25-23-15/h1-3,7,11-12H,4-6,8-10H2. The lowest BCUT2D eigenvalue weighted by atomic mass is 9.90. The molecule has 2 aliphatic rings. The lowest BCUT2D eigenvalue weighted by Gasteiger charge is -2.34. The molecular formula is C18H18F3N3O. The SMILES string of the molecule is FC(F)(F)c1ccc2c(N3CCC(C4=NOCC4)CC3)ccnc2c1. The zero-order chi connectivity index (χ0) is 17.4. The number of oxime groups is 1. The van der Waals surface area contributed by atoms with Crippen LogP contribution in [0.3, 0.4) is 0 Å². The topological polar surface area (TPSA) is 37.7 Å². The highest BCUT2D eigenvalue weighted by Gasteiger charge is 2.31. The lowest BCUT2D eigenvalue weighted by molar-refractivity contribution is -0.137.